The van der Waals surface area contributed by atoms with Crippen LogP contribution in [-0.4, -0.2) is 31.1 Å². The van der Waals surface area contributed by atoms with E-state index in [2.05, 4.69) is 67.7 Å². The van der Waals surface area contributed by atoms with Crippen molar-refractivity contribution in [2.24, 2.45) is 5.41 Å². The summed E-state index contributed by atoms with van der Waals surface area (Å²) in [6.07, 6.45) is 5.77. The third-order valence-electron chi connectivity index (χ3n) is 6.40. The van der Waals surface area contributed by atoms with Gasteiger partial charge in [-0.05, 0) is 60.4 Å². The second kappa shape index (κ2) is 9.22. The van der Waals surface area contributed by atoms with E-state index in [4.69, 9.17) is 0 Å². The Morgan fingerprint density at radius 1 is 1.00 bits per heavy atom. The molecule has 5 aromatic heterocycles. The Morgan fingerprint density at radius 2 is 1.87 bits per heavy atom. The maximum absolute atomic E-state index is 12.4. The van der Waals surface area contributed by atoms with Gasteiger partial charge in [-0.15, -0.1) is 11.3 Å². The standard InChI is InChI=1S/C30H28N6OS/c1-17-5-8-26(38-17)21-9-10-32-29-22(21)13-25(34-29)28-23-12-18(6-7-24(23)35-36-28)19-11-20(16-31-15-19)33-27(37)14-30(2,3)4/h5-13,15-16H,14H2,1-4H3,(H,32,34)(H,33,37)(H,35,36). The van der Waals surface area contributed by atoms with Crippen LogP contribution in [-0.2, 0) is 4.79 Å². The number of H-pyrrole nitrogens is 2. The van der Waals surface area contributed by atoms with E-state index < -0.39 is 0 Å². The van der Waals surface area contributed by atoms with Gasteiger partial charge in [0.25, 0.3) is 0 Å². The summed E-state index contributed by atoms with van der Waals surface area (Å²) in [6.45, 7) is 8.26. The average molecular weight is 521 g/mol. The number of amides is 1. The summed E-state index contributed by atoms with van der Waals surface area (Å²) in [7, 11) is 0. The summed E-state index contributed by atoms with van der Waals surface area (Å²) >= 11 is 1.78. The van der Waals surface area contributed by atoms with E-state index in [1.54, 1.807) is 17.5 Å². The topological polar surface area (TPSA) is 99.3 Å². The number of hydrogen-bond acceptors (Lipinski definition) is 5. The normalized spacial score (nSPS) is 11.9. The number of aromatic amines is 2. The zero-order chi connectivity index (χ0) is 26.4. The Labute approximate surface area is 224 Å². The first-order chi connectivity index (χ1) is 18.2. The SMILES string of the molecule is Cc1ccc(-c2ccnc3[nH]c(-c4n[nH]c5ccc(-c6cncc(NC(=O)CC(C)(C)C)c6)cc45)cc23)s1. The minimum absolute atomic E-state index is 0.0199. The van der Waals surface area contributed by atoms with E-state index in [-0.39, 0.29) is 11.3 Å². The largest absolute Gasteiger partial charge is 0.338 e. The molecule has 3 N–H and O–H groups in total. The third-order valence-corrected chi connectivity index (χ3v) is 7.44. The number of rotatable bonds is 5. The third kappa shape index (κ3) is 4.70. The molecule has 1 amide bonds. The monoisotopic (exact) mass is 520 g/mol. The minimum Gasteiger partial charge on any atom is -0.338 e. The smallest absolute Gasteiger partial charge is 0.224 e. The lowest BCUT2D eigenvalue weighted by Crippen LogP contribution is -2.19. The molecule has 5 heterocycles. The average Bonchev–Trinajstić information content (AvgIpc) is 3.60. The molecule has 0 aliphatic carbocycles. The highest BCUT2D eigenvalue weighted by Gasteiger charge is 2.17. The molecule has 6 aromatic rings. The fourth-order valence-electron chi connectivity index (χ4n) is 4.70. The summed E-state index contributed by atoms with van der Waals surface area (Å²) in [5.74, 6) is -0.0199. The summed E-state index contributed by atoms with van der Waals surface area (Å²) in [4.78, 5) is 27.4. The molecule has 190 valence electrons. The van der Waals surface area contributed by atoms with E-state index in [0.29, 0.717) is 12.1 Å². The predicted octanol–water partition coefficient (Wildman–Crippen LogP) is 7.58. The number of hydrogen-bond donors (Lipinski definition) is 3. The molecular weight excluding hydrogens is 492 g/mol. The Balaban J connectivity index is 1.36. The number of nitrogens with zero attached hydrogens (tertiary/aromatic N) is 3. The number of benzene rings is 1. The number of nitrogens with one attached hydrogen (secondary N) is 3. The van der Waals surface area contributed by atoms with Gasteiger partial charge < -0.3 is 10.3 Å². The van der Waals surface area contributed by atoms with Crippen molar-refractivity contribution in [3.63, 3.8) is 0 Å². The zero-order valence-corrected chi connectivity index (χ0v) is 22.5. The molecule has 38 heavy (non-hydrogen) atoms. The van der Waals surface area contributed by atoms with Crippen LogP contribution < -0.4 is 5.32 Å². The van der Waals surface area contributed by atoms with Crippen LogP contribution in [0, 0.1) is 12.3 Å². The van der Waals surface area contributed by atoms with Crippen molar-refractivity contribution in [1.29, 1.82) is 0 Å². The molecule has 8 heteroatoms. The van der Waals surface area contributed by atoms with Crippen molar-refractivity contribution in [2.75, 3.05) is 5.32 Å². The first kappa shape index (κ1) is 24.1. The fourth-order valence-corrected chi connectivity index (χ4v) is 5.61. The van der Waals surface area contributed by atoms with Crippen molar-refractivity contribution >= 4 is 44.9 Å². The number of anilines is 1. The molecule has 0 radical (unpaired) electrons. The van der Waals surface area contributed by atoms with Gasteiger partial charge in [0.15, 0.2) is 0 Å². The van der Waals surface area contributed by atoms with Gasteiger partial charge in [0.1, 0.15) is 11.3 Å². The molecule has 0 aliphatic rings. The predicted molar refractivity (Wildman–Crippen MR) is 155 cm³/mol. The van der Waals surface area contributed by atoms with Crippen molar-refractivity contribution in [3.8, 4) is 33.0 Å². The maximum Gasteiger partial charge on any atom is 0.224 e. The molecule has 0 bridgehead atoms. The van der Waals surface area contributed by atoms with Crippen molar-refractivity contribution in [2.45, 2.75) is 34.1 Å². The Kier molecular flexibility index (Phi) is 5.84. The second-order valence-electron chi connectivity index (χ2n) is 10.8. The molecule has 0 saturated carbocycles. The van der Waals surface area contributed by atoms with Crippen LogP contribution in [0.25, 0.3) is 54.9 Å². The lowest BCUT2D eigenvalue weighted by Gasteiger charge is -2.17. The molecular formula is C30H28N6OS. The van der Waals surface area contributed by atoms with Gasteiger partial charge in [0.05, 0.1) is 23.1 Å². The van der Waals surface area contributed by atoms with Gasteiger partial charge in [0.2, 0.25) is 5.91 Å². The second-order valence-corrected chi connectivity index (χ2v) is 12.1. The molecule has 7 nitrogen and oxygen atoms in total. The van der Waals surface area contributed by atoms with Crippen LogP contribution in [0.4, 0.5) is 5.69 Å². The lowest BCUT2D eigenvalue weighted by molar-refractivity contribution is -0.117. The maximum atomic E-state index is 12.4. The minimum atomic E-state index is -0.0839. The van der Waals surface area contributed by atoms with Gasteiger partial charge in [-0.1, -0.05) is 26.8 Å². The van der Waals surface area contributed by atoms with E-state index in [0.717, 1.165) is 50.0 Å². The van der Waals surface area contributed by atoms with Crippen LogP contribution in [0.1, 0.15) is 32.1 Å². The van der Waals surface area contributed by atoms with Gasteiger partial charge in [0, 0.05) is 50.5 Å². The van der Waals surface area contributed by atoms with Crippen LogP contribution in [0.3, 0.4) is 0 Å². The highest BCUT2D eigenvalue weighted by molar-refractivity contribution is 7.15. The molecule has 0 fully saturated rings. The summed E-state index contributed by atoms with van der Waals surface area (Å²) in [5, 5.41) is 12.8. The number of carbonyl (C=O) groups is 1. The molecule has 0 saturated heterocycles. The first-order valence-electron chi connectivity index (χ1n) is 12.5. The summed E-state index contributed by atoms with van der Waals surface area (Å²) in [5.41, 5.74) is 7.17. The molecule has 0 aliphatic heterocycles. The Hall–Kier alpha value is -4.30. The van der Waals surface area contributed by atoms with Crippen molar-refractivity contribution < 1.29 is 4.79 Å². The fraction of sp³-hybridized carbons (Fsp3) is 0.200. The number of aryl methyl sites for hydroxylation is 1. The quantitative estimate of drug-likeness (QED) is 0.218. The molecule has 1 aromatic carbocycles. The van der Waals surface area contributed by atoms with Crippen LogP contribution >= 0.6 is 11.3 Å². The van der Waals surface area contributed by atoms with Gasteiger partial charge in [-0.25, -0.2) is 4.98 Å². The summed E-state index contributed by atoms with van der Waals surface area (Å²) < 4.78 is 0. The van der Waals surface area contributed by atoms with E-state index in [1.807, 2.05) is 51.4 Å². The number of carbonyl (C=O) groups excluding carboxylic acids is 1. The summed E-state index contributed by atoms with van der Waals surface area (Å²) in [6, 6.07) is 16.6. The van der Waals surface area contributed by atoms with E-state index in [9.17, 15) is 4.79 Å². The molecule has 0 unspecified atom stereocenters. The van der Waals surface area contributed by atoms with Crippen molar-refractivity contribution in [3.05, 3.63) is 72.0 Å². The molecule has 0 spiro atoms. The highest BCUT2D eigenvalue weighted by Crippen LogP contribution is 2.36. The zero-order valence-electron chi connectivity index (χ0n) is 21.7. The van der Waals surface area contributed by atoms with Crippen molar-refractivity contribution in [1.82, 2.24) is 25.1 Å². The van der Waals surface area contributed by atoms with Crippen LogP contribution in [0.2, 0.25) is 0 Å². The first-order valence-corrected chi connectivity index (χ1v) is 13.3. The van der Waals surface area contributed by atoms with Gasteiger partial charge >= 0.3 is 0 Å². The number of aromatic nitrogens is 5. The molecule has 6 rings (SSSR count). The Bertz CT molecular complexity index is 1800. The van der Waals surface area contributed by atoms with Crippen LogP contribution in [0.15, 0.2) is 67.1 Å². The lowest BCUT2D eigenvalue weighted by atomic mass is 9.92. The number of thiophene rings is 1. The van der Waals surface area contributed by atoms with Crippen LogP contribution in [0.5, 0.6) is 0 Å². The van der Waals surface area contributed by atoms with Gasteiger partial charge in [-0.2, -0.15) is 5.10 Å². The van der Waals surface area contributed by atoms with E-state index >= 15 is 0 Å². The Morgan fingerprint density at radius 3 is 2.66 bits per heavy atom. The van der Waals surface area contributed by atoms with Gasteiger partial charge in [-0.3, -0.25) is 14.9 Å². The number of pyridine rings is 2. The molecule has 0 atom stereocenters. The van der Waals surface area contributed by atoms with E-state index in [1.165, 1.54) is 9.75 Å². The highest BCUT2D eigenvalue weighted by atomic mass is 32.1. The number of fused-ring (bicyclic) bond motifs is 2.